The summed E-state index contributed by atoms with van der Waals surface area (Å²) in [6, 6.07) is 0. The molecular formula is C11H10B2BrN3O2Si. The van der Waals surface area contributed by atoms with Gasteiger partial charge in [-0.2, -0.15) is 0 Å². The molecule has 2 radical (unpaired) electrons. The van der Waals surface area contributed by atoms with Crippen LogP contribution < -0.4 is 0 Å². The van der Waals surface area contributed by atoms with Crippen LogP contribution in [0.4, 0.5) is 0 Å². The summed E-state index contributed by atoms with van der Waals surface area (Å²) in [7, 11) is 1.66. The van der Waals surface area contributed by atoms with E-state index >= 15 is 0 Å². The van der Waals surface area contributed by atoms with Crippen molar-refractivity contribution in [3.05, 3.63) is 22.2 Å². The Bertz CT molecular complexity index is 656. The number of hydrogen-bond donors (Lipinski definition) is 0. The summed E-state index contributed by atoms with van der Waals surface area (Å²) in [5.74, 6) is 3.67. The smallest absolute Gasteiger partial charge is 0.474 e. The predicted octanol–water partition coefficient (Wildman–Crippen LogP) is 1.23. The lowest BCUT2D eigenvalue weighted by Crippen LogP contribution is -2.17. The van der Waals surface area contributed by atoms with Crippen LogP contribution in [0.5, 0.6) is 0 Å². The largest absolute Gasteiger partial charge is 0.549 e. The molecule has 0 aromatic carbocycles. The summed E-state index contributed by atoms with van der Waals surface area (Å²) in [4.78, 5) is 13.1. The summed E-state index contributed by atoms with van der Waals surface area (Å²) >= 11 is 3.32. The highest BCUT2D eigenvalue weighted by Gasteiger charge is 2.54. The zero-order chi connectivity index (χ0) is 14.4. The predicted molar refractivity (Wildman–Crippen MR) is 82.7 cm³/mol. The van der Waals surface area contributed by atoms with Crippen molar-refractivity contribution in [2.45, 2.75) is 25.3 Å². The van der Waals surface area contributed by atoms with Crippen molar-refractivity contribution in [1.82, 2.24) is 9.97 Å². The van der Waals surface area contributed by atoms with Gasteiger partial charge in [0.15, 0.2) is 11.4 Å². The van der Waals surface area contributed by atoms with Crippen LogP contribution >= 0.6 is 15.9 Å². The fourth-order valence-electron chi connectivity index (χ4n) is 1.48. The van der Waals surface area contributed by atoms with E-state index in [2.05, 4.69) is 62.0 Å². The van der Waals surface area contributed by atoms with Gasteiger partial charge in [0, 0.05) is 0 Å². The monoisotopic (exact) mass is 345 g/mol. The second-order valence-corrected chi connectivity index (χ2v) is 11.1. The number of rotatable bonds is 2. The Balaban J connectivity index is 2.02. The maximum Gasteiger partial charge on any atom is 0.474 e. The van der Waals surface area contributed by atoms with Crippen molar-refractivity contribution in [2.24, 2.45) is 4.99 Å². The van der Waals surface area contributed by atoms with Gasteiger partial charge in [-0.05, 0) is 15.9 Å². The minimum atomic E-state index is -1.50. The average Bonchev–Trinajstić information content (AvgIpc) is 3.25. The number of hydrogen-bond acceptors (Lipinski definition) is 5. The first-order valence-corrected chi connectivity index (χ1v) is 10.4. The normalized spacial score (nSPS) is 24.9. The van der Waals surface area contributed by atoms with E-state index in [1.54, 1.807) is 21.2 Å². The molecule has 0 bridgehead atoms. The third kappa shape index (κ3) is 3.14. The van der Waals surface area contributed by atoms with Gasteiger partial charge in [0.1, 0.15) is 24.1 Å². The van der Waals surface area contributed by atoms with Gasteiger partial charge in [-0.15, -0.1) is 5.54 Å². The summed E-state index contributed by atoms with van der Waals surface area (Å²) in [6.07, 6.45) is 1.62. The molecule has 0 saturated carbocycles. The number of halogens is 1. The van der Waals surface area contributed by atoms with Crippen LogP contribution in [0.25, 0.3) is 0 Å². The molecule has 0 spiro atoms. The van der Waals surface area contributed by atoms with Gasteiger partial charge in [0.25, 0.3) is 0 Å². The highest BCUT2D eigenvalue weighted by molar-refractivity contribution is 9.10. The van der Waals surface area contributed by atoms with Crippen LogP contribution in [0.3, 0.4) is 0 Å². The molecule has 2 saturated heterocycles. The Morgan fingerprint density at radius 2 is 2.15 bits per heavy atom. The van der Waals surface area contributed by atoms with E-state index in [0.717, 1.165) is 0 Å². The molecule has 98 valence electrons. The van der Waals surface area contributed by atoms with Crippen molar-refractivity contribution in [3.63, 3.8) is 0 Å². The van der Waals surface area contributed by atoms with Gasteiger partial charge < -0.3 is 9.31 Å². The quantitative estimate of drug-likeness (QED) is 0.459. The molecule has 2 aliphatic rings. The first-order valence-electron chi connectivity index (χ1n) is 6.06. The lowest BCUT2D eigenvalue weighted by molar-refractivity contribution is 0.325. The average molecular weight is 346 g/mol. The Kier molecular flexibility index (Phi) is 3.27. The van der Waals surface area contributed by atoms with E-state index in [-0.39, 0.29) is 0 Å². The van der Waals surface area contributed by atoms with Crippen LogP contribution in [-0.2, 0) is 14.9 Å². The molecular weight excluding hydrogens is 336 g/mol. The molecule has 20 heavy (non-hydrogen) atoms. The van der Waals surface area contributed by atoms with E-state index in [9.17, 15) is 0 Å². The van der Waals surface area contributed by atoms with Crippen LogP contribution in [0.1, 0.15) is 11.4 Å². The van der Waals surface area contributed by atoms with Crippen LogP contribution in [-0.4, -0.2) is 38.8 Å². The zero-order valence-corrected chi connectivity index (χ0v) is 13.9. The van der Waals surface area contributed by atoms with Crippen molar-refractivity contribution in [1.29, 1.82) is 0 Å². The van der Waals surface area contributed by atoms with Crippen molar-refractivity contribution in [2.75, 3.05) is 0 Å². The Hall–Kier alpha value is -1.10. The minimum absolute atomic E-state index is 0.549. The molecule has 0 N–H and O–H groups in total. The number of nitrogens with zero attached hydrogens (tertiary/aromatic N) is 3. The summed E-state index contributed by atoms with van der Waals surface area (Å²) < 4.78 is 10.9. The highest BCUT2D eigenvalue weighted by atomic mass is 79.9. The Morgan fingerprint density at radius 1 is 1.45 bits per heavy atom. The van der Waals surface area contributed by atoms with Gasteiger partial charge in [-0.25, -0.2) is 9.98 Å². The second kappa shape index (κ2) is 4.72. The van der Waals surface area contributed by atoms with Gasteiger partial charge in [-0.3, -0.25) is 4.98 Å². The first-order chi connectivity index (χ1) is 9.38. The van der Waals surface area contributed by atoms with Gasteiger partial charge in [0.05, 0.1) is 6.20 Å². The maximum atomic E-state index is 5.36. The molecule has 5 nitrogen and oxygen atoms in total. The highest BCUT2D eigenvalue weighted by Crippen LogP contribution is 2.39. The maximum absolute atomic E-state index is 5.36. The SMILES string of the molecule is C[Si](C)(C)C#Cc1nc(Br)cnc1C1(N=C2[B]O2)[B]O1. The third-order valence-electron chi connectivity index (χ3n) is 2.48. The van der Waals surface area contributed by atoms with Gasteiger partial charge >= 0.3 is 15.0 Å². The molecule has 0 aliphatic carbocycles. The van der Waals surface area contributed by atoms with E-state index < -0.39 is 13.7 Å². The molecule has 3 heterocycles. The molecule has 1 atom stereocenters. The third-order valence-corrected chi connectivity index (χ3v) is 3.74. The number of aliphatic imine (C=N–C) groups is 1. The number of aromatic nitrogens is 2. The molecule has 1 aromatic heterocycles. The summed E-state index contributed by atoms with van der Waals surface area (Å²) in [5.41, 5.74) is 3.58. The van der Waals surface area contributed by atoms with Crippen molar-refractivity contribution < 1.29 is 9.31 Å². The first kappa shape index (κ1) is 13.9. The van der Waals surface area contributed by atoms with Crippen LogP contribution in [0.15, 0.2) is 15.8 Å². The molecule has 1 aromatic rings. The molecule has 3 rings (SSSR count). The second-order valence-electron chi connectivity index (χ2n) is 5.51. The molecule has 0 amide bonds. The van der Waals surface area contributed by atoms with E-state index in [4.69, 9.17) is 9.31 Å². The summed E-state index contributed by atoms with van der Waals surface area (Å²) in [6.45, 7) is 6.52. The fourth-order valence-corrected chi connectivity index (χ4v) is 2.25. The fraction of sp³-hybridized carbons (Fsp3) is 0.364. The van der Waals surface area contributed by atoms with E-state index in [1.807, 2.05) is 0 Å². The van der Waals surface area contributed by atoms with Crippen molar-refractivity contribution >= 4 is 44.8 Å². The zero-order valence-electron chi connectivity index (χ0n) is 11.3. The topological polar surface area (TPSA) is 63.2 Å². The molecule has 2 aliphatic heterocycles. The lowest BCUT2D eigenvalue weighted by atomic mass is 9.92. The Labute approximate surface area is 128 Å². The van der Waals surface area contributed by atoms with Crippen LogP contribution in [0.2, 0.25) is 19.6 Å². The molecule has 9 heteroatoms. The van der Waals surface area contributed by atoms with Gasteiger partial charge in [0.2, 0.25) is 0 Å². The molecule has 2 fully saturated rings. The lowest BCUT2D eigenvalue weighted by Gasteiger charge is -2.09. The van der Waals surface area contributed by atoms with E-state index in [1.165, 1.54) is 0 Å². The Morgan fingerprint density at radius 3 is 2.70 bits per heavy atom. The summed E-state index contributed by atoms with van der Waals surface area (Å²) in [5, 5.41) is 0. The van der Waals surface area contributed by atoms with Gasteiger partial charge in [-0.1, -0.05) is 25.6 Å². The van der Waals surface area contributed by atoms with Crippen LogP contribution in [0, 0.1) is 11.5 Å². The van der Waals surface area contributed by atoms with Crippen molar-refractivity contribution in [3.8, 4) is 11.5 Å². The van der Waals surface area contributed by atoms with E-state index in [0.29, 0.717) is 21.8 Å². The standard InChI is InChI=1S/C11H10B2BrN3O2Si/c1-20(2,3)5-4-7-9(15-6-8(14)16-7)11(13-19-11)17-10-12-18-10/h6H,1-3H3. The molecule has 1 unspecified atom stereocenters. The minimum Gasteiger partial charge on any atom is -0.549 e.